The van der Waals surface area contributed by atoms with Crippen molar-refractivity contribution in [2.75, 3.05) is 11.4 Å². The van der Waals surface area contributed by atoms with Gasteiger partial charge < -0.3 is 10.0 Å². The highest BCUT2D eigenvalue weighted by atomic mass is 79.9. The maximum Gasteiger partial charge on any atom is 0.258 e. The van der Waals surface area contributed by atoms with E-state index in [1.54, 1.807) is 29.4 Å². The second-order valence-electron chi connectivity index (χ2n) is 4.85. The number of rotatable bonds is 1. The third-order valence-corrected chi connectivity index (χ3v) is 4.72. The largest absolute Gasteiger partial charge is 0.506 e. The van der Waals surface area contributed by atoms with Crippen molar-refractivity contribution in [3.8, 4) is 5.75 Å². The van der Waals surface area contributed by atoms with Gasteiger partial charge in [0.15, 0.2) is 0 Å². The van der Waals surface area contributed by atoms with E-state index < -0.39 is 0 Å². The van der Waals surface area contributed by atoms with Gasteiger partial charge in [-0.2, -0.15) is 0 Å². The normalized spacial score (nSPS) is 13.9. The maximum atomic E-state index is 12.8. The number of phenols is 1. The summed E-state index contributed by atoms with van der Waals surface area (Å²) < 4.78 is 0.979. The smallest absolute Gasteiger partial charge is 0.258 e. The molecule has 0 fully saturated rings. The predicted molar refractivity (Wildman–Crippen MR) is 87.7 cm³/mol. The number of halogens is 2. The van der Waals surface area contributed by atoms with Crippen molar-refractivity contribution in [1.82, 2.24) is 4.98 Å². The van der Waals surface area contributed by atoms with E-state index in [1.807, 2.05) is 6.07 Å². The number of fused-ring (bicyclic) bond motifs is 1. The fraction of sp³-hybridized carbons (Fsp3) is 0.200. The van der Waals surface area contributed by atoms with Gasteiger partial charge in [0, 0.05) is 18.3 Å². The number of aromatic nitrogens is 1. The monoisotopic (exact) mass is 410 g/mol. The molecule has 1 aromatic heterocycles. The lowest BCUT2D eigenvalue weighted by molar-refractivity contribution is 0.0985. The van der Waals surface area contributed by atoms with Crippen LogP contribution in [0.15, 0.2) is 39.5 Å². The van der Waals surface area contributed by atoms with Crippen LogP contribution in [0.3, 0.4) is 0 Å². The van der Waals surface area contributed by atoms with E-state index in [2.05, 4.69) is 36.8 Å². The molecule has 108 valence electrons. The Hall–Kier alpha value is -1.40. The van der Waals surface area contributed by atoms with Gasteiger partial charge in [0.1, 0.15) is 5.75 Å². The second-order valence-corrected chi connectivity index (χ2v) is 6.56. The first-order chi connectivity index (χ1) is 10.1. The average Bonchev–Trinajstić information content (AvgIpc) is 2.51. The summed E-state index contributed by atoms with van der Waals surface area (Å²) >= 11 is 6.52. The second kappa shape index (κ2) is 5.77. The van der Waals surface area contributed by atoms with E-state index >= 15 is 0 Å². The summed E-state index contributed by atoms with van der Waals surface area (Å²) in [6.07, 6.45) is 5.38. The molecule has 1 amide bonds. The van der Waals surface area contributed by atoms with E-state index in [9.17, 15) is 9.90 Å². The van der Waals surface area contributed by atoms with Gasteiger partial charge in [-0.15, -0.1) is 0 Å². The first-order valence-corrected chi connectivity index (χ1v) is 8.09. The van der Waals surface area contributed by atoms with Crippen LogP contribution < -0.4 is 4.90 Å². The van der Waals surface area contributed by atoms with Crippen LogP contribution in [-0.4, -0.2) is 22.5 Å². The van der Waals surface area contributed by atoms with Gasteiger partial charge in [-0.1, -0.05) is 0 Å². The molecule has 1 aliphatic heterocycles. The minimum atomic E-state index is -0.0923. The number of anilines is 1. The van der Waals surface area contributed by atoms with Crippen LogP contribution in [0.2, 0.25) is 0 Å². The summed E-state index contributed by atoms with van der Waals surface area (Å²) in [7, 11) is 0. The minimum absolute atomic E-state index is 0.0901. The Morgan fingerprint density at radius 2 is 2.00 bits per heavy atom. The van der Waals surface area contributed by atoms with E-state index in [4.69, 9.17) is 0 Å². The number of carbonyl (C=O) groups excluding carboxylic acids is 1. The van der Waals surface area contributed by atoms with Crippen LogP contribution in [0.4, 0.5) is 5.69 Å². The Morgan fingerprint density at radius 3 is 2.71 bits per heavy atom. The maximum absolute atomic E-state index is 12.8. The summed E-state index contributed by atoms with van der Waals surface area (Å²) in [5, 5.41) is 9.75. The molecular formula is C15H12Br2N2O2. The van der Waals surface area contributed by atoms with Crippen molar-refractivity contribution < 1.29 is 9.90 Å². The summed E-state index contributed by atoms with van der Waals surface area (Å²) in [6, 6.07) is 5.22. The molecule has 0 saturated carbocycles. The van der Waals surface area contributed by atoms with Gasteiger partial charge in [0.2, 0.25) is 0 Å². The molecule has 1 N–H and O–H groups in total. The minimum Gasteiger partial charge on any atom is -0.506 e. The molecule has 2 heterocycles. The molecule has 0 unspecified atom stereocenters. The Kier molecular flexibility index (Phi) is 3.99. The first kappa shape index (κ1) is 14.5. The number of carbonyl (C=O) groups is 1. The molecule has 1 aromatic carbocycles. The Morgan fingerprint density at radius 1 is 1.29 bits per heavy atom. The molecule has 4 nitrogen and oxygen atoms in total. The molecule has 0 atom stereocenters. The van der Waals surface area contributed by atoms with Crippen molar-refractivity contribution >= 4 is 43.5 Å². The fourth-order valence-corrected chi connectivity index (χ4v) is 3.66. The molecule has 2 aromatic rings. The molecule has 0 aliphatic carbocycles. The fourth-order valence-electron chi connectivity index (χ4n) is 2.47. The van der Waals surface area contributed by atoms with Crippen LogP contribution in [0.1, 0.15) is 22.3 Å². The zero-order valence-corrected chi connectivity index (χ0v) is 14.2. The van der Waals surface area contributed by atoms with Crippen molar-refractivity contribution in [3.05, 3.63) is 50.7 Å². The molecule has 0 bridgehead atoms. The Bertz CT molecular complexity index is 696. The number of nitrogens with zero attached hydrogens (tertiary/aromatic N) is 2. The molecule has 6 heteroatoms. The zero-order valence-electron chi connectivity index (χ0n) is 11.0. The molecule has 3 rings (SSSR count). The first-order valence-electron chi connectivity index (χ1n) is 6.50. The highest BCUT2D eigenvalue weighted by Crippen LogP contribution is 2.35. The SMILES string of the molecule is O=C(c1cc(Br)c(O)c(Br)c1)N1CCCc2ccncc21. The van der Waals surface area contributed by atoms with Crippen molar-refractivity contribution in [2.45, 2.75) is 12.8 Å². The number of amides is 1. The number of hydrogen-bond acceptors (Lipinski definition) is 3. The van der Waals surface area contributed by atoms with E-state index in [0.717, 1.165) is 24.1 Å². The van der Waals surface area contributed by atoms with Crippen LogP contribution >= 0.6 is 31.9 Å². The van der Waals surface area contributed by atoms with Gasteiger partial charge in [0.25, 0.3) is 5.91 Å². The molecule has 0 radical (unpaired) electrons. The number of aromatic hydroxyl groups is 1. The van der Waals surface area contributed by atoms with E-state index in [0.29, 0.717) is 21.1 Å². The summed E-state index contributed by atoms with van der Waals surface area (Å²) in [5.41, 5.74) is 2.53. The van der Waals surface area contributed by atoms with Crippen LogP contribution in [-0.2, 0) is 6.42 Å². The van der Waals surface area contributed by atoms with Crippen LogP contribution in [0, 0.1) is 0 Å². The Balaban J connectivity index is 2.00. The molecule has 0 spiro atoms. The topological polar surface area (TPSA) is 53.4 Å². The number of pyridine rings is 1. The quantitative estimate of drug-likeness (QED) is 0.773. The third kappa shape index (κ3) is 2.70. The third-order valence-electron chi connectivity index (χ3n) is 3.52. The molecular weight excluding hydrogens is 400 g/mol. The Labute approximate surface area is 139 Å². The number of phenolic OH excluding ortho intramolecular Hbond substituents is 1. The lowest BCUT2D eigenvalue weighted by atomic mass is 10.0. The summed E-state index contributed by atoms with van der Waals surface area (Å²) in [6.45, 7) is 0.674. The lowest BCUT2D eigenvalue weighted by Crippen LogP contribution is -2.35. The number of aryl methyl sites for hydroxylation is 1. The van der Waals surface area contributed by atoms with E-state index in [-0.39, 0.29) is 11.7 Å². The standard InChI is InChI=1S/C15H12Br2N2O2/c16-11-6-10(7-12(17)14(11)20)15(21)19-5-1-2-9-3-4-18-8-13(9)19/h3-4,6-8,20H,1-2,5H2. The van der Waals surface area contributed by atoms with Gasteiger partial charge in [-0.25, -0.2) is 0 Å². The van der Waals surface area contributed by atoms with Gasteiger partial charge >= 0.3 is 0 Å². The van der Waals surface area contributed by atoms with Gasteiger partial charge in [0.05, 0.1) is 20.8 Å². The van der Waals surface area contributed by atoms with Gasteiger partial charge in [-0.05, 0) is 68.5 Å². The number of benzene rings is 1. The van der Waals surface area contributed by atoms with Crippen LogP contribution in [0.5, 0.6) is 5.75 Å². The summed E-state index contributed by atoms with van der Waals surface area (Å²) in [5.74, 6) is -0.00221. The zero-order chi connectivity index (χ0) is 15.0. The van der Waals surface area contributed by atoms with Crippen LogP contribution in [0.25, 0.3) is 0 Å². The highest BCUT2D eigenvalue weighted by molar-refractivity contribution is 9.11. The van der Waals surface area contributed by atoms with Crippen molar-refractivity contribution in [3.63, 3.8) is 0 Å². The average molecular weight is 412 g/mol. The highest BCUT2D eigenvalue weighted by Gasteiger charge is 2.24. The van der Waals surface area contributed by atoms with E-state index in [1.165, 1.54) is 0 Å². The predicted octanol–water partition coefficient (Wildman–Crippen LogP) is 3.91. The van der Waals surface area contributed by atoms with Gasteiger partial charge in [-0.3, -0.25) is 9.78 Å². The lowest BCUT2D eigenvalue weighted by Gasteiger charge is -2.29. The van der Waals surface area contributed by atoms with Crippen molar-refractivity contribution in [2.24, 2.45) is 0 Å². The molecule has 1 aliphatic rings. The summed E-state index contributed by atoms with van der Waals surface area (Å²) in [4.78, 5) is 18.6. The molecule has 21 heavy (non-hydrogen) atoms. The molecule has 0 saturated heterocycles. The van der Waals surface area contributed by atoms with Crippen molar-refractivity contribution in [1.29, 1.82) is 0 Å². The number of hydrogen-bond donors (Lipinski definition) is 1.